The van der Waals surface area contributed by atoms with Gasteiger partial charge < -0.3 is 5.32 Å². The van der Waals surface area contributed by atoms with Crippen molar-refractivity contribution in [2.75, 3.05) is 13.1 Å². The number of aromatic nitrogens is 1. The number of ketones is 1. The molecule has 1 atom stereocenters. The molecular formula is C12H15BrN2O. The minimum absolute atomic E-state index is 0.153. The van der Waals surface area contributed by atoms with E-state index in [1.807, 2.05) is 13.0 Å². The van der Waals surface area contributed by atoms with Crippen molar-refractivity contribution in [3.8, 4) is 0 Å². The highest BCUT2D eigenvalue weighted by atomic mass is 79.9. The minimum atomic E-state index is 0.153. The summed E-state index contributed by atoms with van der Waals surface area (Å²) in [6, 6.07) is 1.96. The van der Waals surface area contributed by atoms with Gasteiger partial charge in [0.1, 0.15) is 5.78 Å². The van der Waals surface area contributed by atoms with Crippen molar-refractivity contribution >= 4 is 21.7 Å². The summed E-state index contributed by atoms with van der Waals surface area (Å²) in [6.45, 7) is 3.98. The zero-order valence-corrected chi connectivity index (χ0v) is 10.8. The molecule has 1 N–H and O–H groups in total. The van der Waals surface area contributed by atoms with E-state index < -0.39 is 0 Å². The van der Waals surface area contributed by atoms with Crippen LogP contribution < -0.4 is 5.32 Å². The number of pyridine rings is 1. The van der Waals surface area contributed by atoms with E-state index in [9.17, 15) is 4.79 Å². The highest BCUT2D eigenvalue weighted by Gasteiger charge is 2.28. The number of carbonyl (C=O) groups is 1. The van der Waals surface area contributed by atoms with E-state index >= 15 is 0 Å². The lowest BCUT2D eigenvalue weighted by molar-refractivity contribution is -0.123. The predicted octanol–water partition coefficient (Wildman–Crippen LogP) is 1.81. The fourth-order valence-electron chi connectivity index (χ4n) is 1.84. The van der Waals surface area contributed by atoms with Gasteiger partial charge in [-0.3, -0.25) is 9.78 Å². The van der Waals surface area contributed by atoms with Gasteiger partial charge >= 0.3 is 0 Å². The summed E-state index contributed by atoms with van der Waals surface area (Å²) < 4.78 is 0.927. The van der Waals surface area contributed by atoms with Crippen molar-refractivity contribution in [2.24, 2.45) is 11.8 Å². The molecule has 16 heavy (non-hydrogen) atoms. The van der Waals surface area contributed by atoms with E-state index in [4.69, 9.17) is 0 Å². The molecule has 0 aromatic carbocycles. The van der Waals surface area contributed by atoms with Crippen LogP contribution in [0.3, 0.4) is 0 Å². The first-order valence-corrected chi connectivity index (χ1v) is 6.29. The van der Waals surface area contributed by atoms with Crippen molar-refractivity contribution in [3.63, 3.8) is 0 Å². The minimum Gasteiger partial charge on any atom is -0.316 e. The van der Waals surface area contributed by atoms with Gasteiger partial charge in [0.05, 0.1) is 0 Å². The third-order valence-corrected chi connectivity index (χ3v) is 3.60. The van der Waals surface area contributed by atoms with Crippen LogP contribution in [0.2, 0.25) is 0 Å². The number of carbonyl (C=O) groups excluding carboxylic acids is 1. The molecule has 1 aliphatic heterocycles. The first-order valence-electron chi connectivity index (χ1n) is 5.49. The highest BCUT2D eigenvalue weighted by molar-refractivity contribution is 9.10. The van der Waals surface area contributed by atoms with E-state index in [0.29, 0.717) is 18.1 Å². The lowest BCUT2D eigenvalue weighted by Gasteiger charge is -2.31. The van der Waals surface area contributed by atoms with Gasteiger partial charge in [-0.25, -0.2) is 0 Å². The van der Waals surface area contributed by atoms with Crippen molar-refractivity contribution in [3.05, 3.63) is 28.5 Å². The third kappa shape index (κ3) is 2.68. The molecule has 1 aliphatic rings. The average Bonchev–Trinajstić information content (AvgIpc) is 2.14. The molecule has 0 amide bonds. The van der Waals surface area contributed by atoms with Gasteiger partial charge in [-0.05, 0) is 46.6 Å². The van der Waals surface area contributed by atoms with Crippen molar-refractivity contribution in [1.82, 2.24) is 10.3 Å². The van der Waals surface area contributed by atoms with Crippen LogP contribution in [-0.4, -0.2) is 23.9 Å². The Kier molecular flexibility index (Phi) is 3.71. The van der Waals surface area contributed by atoms with Gasteiger partial charge in [-0.2, -0.15) is 0 Å². The van der Waals surface area contributed by atoms with Crippen LogP contribution in [0.4, 0.5) is 0 Å². The molecule has 1 fully saturated rings. The first-order chi connectivity index (χ1) is 7.66. The maximum atomic E-state index is 12.0. The fraction of sp³-hybridized carbons (Fsp3) is 0.500. The SMILES string of the molecule is CC(C(=O)Cc1cncc(Br)c1)C1CNC1. The molecule has 1 saturated heterocycles. The summed E-state index contributed by atoms with van der Waals surface area (Å²) >= 11 is 3.36. The molecule has 0 saturated carbocycles. The second-order valence-corrected chi connectivity index (χ2v) is 5.28. The monoisotopic (exact) mass is 282 g/mol. The topological polar surface area (TPSA) is 42.0 Å². The normalized spacial score (nSPS) is 17.9. The van der Waals surface area contributed by atoms with Gasteiger partial charge in [0.25, 0.3) is 0 Å². The molecule has 0 bridgehead atoms. The van der Waals surface area contributed by atoms with Gasteiger partial charge in [0.2, 0.25) is 0 Å². The van der Waals surface area contributed by atoms with Crippen molar-refractivity contribution in [1.29, 1.82) is 0 Å². The zero-order valence-electron chi connectivity index (χ0n) is 9.24. The smallest absolute Gasteiger partial charge is 0.140 e. The molecule has 0 radical (unpaired) electrons. The molecule has 1 aromatic rings. The maximum Gasteiger partial charge on any atom is 0.140 e. The summed E-state index contributed by atoms with van der Waals surface area (Å²) in [5.74, 6) is 0.985. The Hall–Kier alpha value is -0.740. The molecule has 86 valence electrons. The number of hydrogen-bond donors (Lipinski definition) is 1. The molecule has 2 heterocycles. The summed E-state index contributed by atoms with van der Waals surface area (Å²) in [5, 5.41) is 3.20. The fourth-order valence-corrected chi connectivity index (χ4v) is 2.25. The Morgan fingerprint density at radius 1 is 1.62 bits per heavy atom. The summed E-state index contributed by atoms with van der Waals surface area (Å²) in [7, 11) is 0. The number of Topliss-reactive ketones (excluding diaryl/α,β-unsaturated/α-hetero) is 1. The quantitative estimate of drug-likeness (QED) is 0.916. The lowest BCUT2D eigenvalue weighted by Crippen LogP contribution is -2.47. The Morgan fingerprint density at radius 3 is 2.94 bits per heavy atom. The predicted molar refractivity (Wildman–Crippen MR) is 66.2 cm³/mol. The molecule has 3 nitrogen and oxygen atoms in total. The number of halogens is 1. The second-order valence-electron chi connectivity index (χ2n) is 4.36. The molecule has 4 heteroatoms. The van der Waals surface area contributed by atoms with Crippen LogP contribution in [0.1, 0.15) is 12.5 Å². The van der Waals surface area contributed by atoms with E-state index in [0.717, 1.165) is 23.1 Å². The van der Waals surface area contributed by atoms with Crippen LogP contribution in [0.5, 0.6) is 0 Å². The van der Waals surface area contributed by atoms with Crippen LogP contribution in [0.15, 0.2) is 22.9 Å². The summed E-state index contributed by atoms with van der Waals surface area (Å²) in [4.78, 5) is 16.1. The van der Waals surface area contributed by atoms with E-state index in [-0.39, 0.29) is 5.92 Å². The van der Waals surface area contributed by atoms with Crippen molar-refractivity contribution in [2.45, 2.75) is 13.3 Å². The first kappa shape index (κ1) is 11.7. The van der Waals surface area contributed by atoms with Gasteiger partial charge in [0.15, 0.2) is 0 Å². The summed E-state index contributed by atoms with van der Waals surface area (Å²) in [6.07, 6.45) is 3.98. The standard InChI is InChI=1S/C12H15BrN2O/c1-8(10-5-15-6-10)12(16)3-9-2-11(13)7-14-4-9/h2,4,7-8,10,15H,3,5-6H2,1H3. The van der Waals surface area contributed by atoms with Crippen LogP contribution in [0, 0.1) is 11.8 Å². The Labute approximate surface area is 104 Å². The third-order valence-electron chi connectivity index (χ3n) is 3.17. The molecular weight excluding hydrogens is 268 g/mol. The largest absolute Gasteiger partial charge is 0.316 e. The molecule has 0 spiro atoms. The molecule has 1 unspecified atom stereocenters. The number of hydrogen-bond acceptors (Lipinski definition) is 3. The molecule has 2 rings (SSSR count). The van der Waals surface area contributed by atoms with Crippen LogP contribution >= 0.6 is 15.9 Å². The van der Waals surface area contributed by atoms with E-state index in [2.05, 4.69) is 26.2 Å². The van der Waals surface area contributed by atoms with Crippen molar-refractivity contribution < 1.29 is 4.79 Å². The van der Waals surface area contributed by atoms with Crippen LogP contribution in [0.25, 0.3) is 0 Å². The number of nitrogens with one attached hydrogen (secondary N) is 1. The Balaban J connectivity index is 1.96. The van der Waals surface area contributed by atoms with E-state index in [1.165, 1.54) is 0 Å². The Morgan fingerprint density at radius 2 is 2.38 bits per heavy atom. The zero-order chi connectivity index (χ0) is 11.5. The number of rotatable bonds is 4. The average molecular weight is 283 g/mol. The maximum absolute atomic E-state index is 12.0. The van der Waals surface area contributed by atoms with Gasteiger partial charge in [-0.1, -0.05) is 6.92 Å². The molecule has 0 aliphatic carbocycles. The van der Waals surface area contributed by atoms with Gasteiger partial charge in [-0.15, -0.1) is 0 Å². The molecule has 1 aromatic heterocycles. The Bertz CT molecular complexity index is 390. The van der Waals surface area contributed by atoms with Gasteiger partial charge in [0, 0.05) is 29.2 Å². The number of nitrogens with zero attached hydrogens (tertiary/aromatic N) is 1. The van der Waals surface area contributed by atoms with E-state index in [1.54, 1.807) is 12.4 Å². The summed E-state index contributed by atoms with van der Waals surface area (Å²) in [5.41, 5.74) is 0.985. The lowest BCUT2D eigenvalue weighted by atomic mass is 9.84. The highest BCUT2D eigenvalue weighted by Crippen LogP contribution is 2.19. The van der Waals surface area contributed by atoms with Crippen LogP contribution in [-0.2, 0) is 11.2 Å². The second kappa shape index (κ2) is 5.06.